The van der Waals surface area contributed by atoms with Crippen LogP contribution in [-0.2, 0) is 4.79 Å². The zero-order valence-electron chi connectivity index (χ0n) is 17.2. The maximum Gasteiger partial charge on any atom is 0.332 e. The molecule has 2 aromatic carbocycles. The van der Waals surface area contributed by atoms with E-state index < -0.39 is 30.1 Å². The number of halogens is 3. The number of nitrogens with zero attached hydrogens (tertiary/aromatic N) is 4. The van der Waals surface area contributed by atoms with Gasteiger partial charge in [-0.25, -0.2) is 14.5 Å². The standard InChI is InChI=1S/C22H16Cl3N5O3/c1-10-16(3-2-11(8-26)18(10)25)30-20(31)19-17-7-15(29(19)22(30)33)9-28(17)21(32)27-14-5-12(23)4-13(24)6-14/h2-6,15,17,19H,7,9H2,1H3,(H,27,32)/t15-,17?,19?/m1/s1. The fourth-order valence-corrected chi connectivity index (χ4v) is 5.67. The second-order valence-electron chi connectivity index (χ2n) is 8.19. The van der Waals surface area contributed by atoms with Gasteiger partial charge in [-0.1, -0.05) is 34.8 Å². The highest BCUT2D eigenvalue weighted by molar-refractivity contribution is 6.35. The van der Waals surface area contributed by atoms with Gasteiger partial charge < -0.3 is 15.1 Å². The number of anilines is 2. The zero-order valence-corrected chi connectivity index (χ0v) is 19.4. The normalized spacial score (nSPS) is 23.2. The number of carbonyl (C=O) groups is 3. The molecule has 2 aromatic rings. The Labute approximate surface area is 204 Å². The summed E-state index contributed by atoms with van der Waals surface area (Å²) in [6.07, 6.45) is 0.521. The van der Waals surface area contributed by atoms with Crippen LogP contribution in [0.3, 0.4) is 0 Å². The molecule has 5 amide bonds. The minimum atomic E-state index is -0.779. The highest BCUT2D eigenvalue weighted by Crippen LogP contribution is 2.43. The van der Waals surface area contributed by atoms with Gasteiger partial charge >= 0.3 is 12.1 Å². The number of carbonyl (C=O) groups excluding carboxylic acids is 3. The molecule has 8 nitrogen and oxygen atoms in total. The maximum absolute atomic E-state index is 13.4. The molecule has 168 valence electrons. The molecular formula is C22H16Cl3N5O3. The number of amides is 5. The van der Waals surface area contributed by atoms with Crippen molar-refractivity contribution in [1.29, 1.82) is 5.26 Å². The maximum atomic E-state index is 13.4. The van der Waals surface area contributed by atoms with E-state index in [2.05, 4.69) is 5.32 Å². The average molecular weight is 505 g/mol. The first-order valence-electron chi connectivity index (χ1n) is 10.1. The molecule has 2 bridgehead atoms. The van der Waals surface area contributed by atoms with Gasteiger partial charge in [-0.2, -0.15) is 5.26 Å². The Morgan fingerprint density at radius 3 is 2.52 bits per heavy atom. The molecule has 0 aliphatic carbocycles. The molecule has 3 aliphatic rings. The Bertz CT molecular complexity index is 1260. The summed E-state index contributed by atoms with van der Waals surface area (Å²) in [6.45, 7) is 1.97. The summed E-state index contributed by atoms with van der Waals surface area (Å²) in [7, 11) is 0. The molecule has 0 spiro atoms. The van der Waals surface area contributed by atoms with Crippen molar-refractivity contribution in [3.05, 3.63) is 56.5 Å². The van der Waals surface area contributed by atoms with E-state index in [-0.39, 0.29) is 16.6 Å². The highest BCUT2D eigenvalue weighted by Gasteiger charge is 2.63. The largest absolute Gasteiger partial charge is 0.332 e. The van der Waals surface area contributed by atoms with E-state index in [4.69, 9.17) is 34.8 Å². The van der Waals surface area contributed by atoms with Crippen molar-refractivity contribution in [3.63, 3.8) is 0 Å². The lowest BCUT2D eigenvalue weighted by molar-refractivity contribution is -0.120. The molecule has 2 unspecified atom stereocenters. The third kappa shape index (κ3) is 3.31. The molecule has 3 fully saturated rings. The third-order valence-electron chi connectivity index (χ3n) is 6.36. The van der Waals surface area contributed by atoms with Crippen LogP contribution in [0.25, 0.3) is 0 Å². The quantitative estimate of drug-likeness (QED) is 0.602. The van der Waals surface area contributed by atoms with Crippen LogP contribution < -0.4 is 10.2 Å². The van der Waals surface area contributed by atoms with Gasteiger partial charge in [0.2, 0.25) is 0 Å². The predicted molar refractivity (Wildman–Crippen MR) is 124 cm³/mol. The van der Waals surface area contributed by atoms with Crippen molar-refractivity contribution in [2.24, 2.45) is 0 Å². The minimum absolute atomic E-state index is 0.201. The number of imide groups is 1. The lowest BCUT2D eigenvalue weighted by Crippen LogP contribution is -2.55. The molecule has 3 aliphatic heterocycles. The Hall–Kier alpha value is -2.99. The second kappa shape index (κ2) is 7.80. The van der Waals surface area contributed by atoms with Crippen molar-refractivity contribution in [2.75, 3.05) is 16.8 Å². The summed E-state index contributed by atoms with van der Waals surface area (Å²) in [5.74, 6) is -0.417. The van der Waals surface area contributed by atoms with E-state index in [0.29, 0.717) is 39.9 Å². The highest BCUT2D eigenvalue weighted by atomic mass is 35.5. The van der Waals surface area contributed by atoms with Crippen molar-refractivity contribution in [1.82, 2.24) is 9.80 Å². The van der Waals surface area contributed by atoms with Gasteiger partial charge in [0.15, 0.2) is 0 Å². The molecule has 33 heavy (non-hydrogen) atoms. The van der Waals surface area contributed by atoms with Gasteiger partial charge in [-0.3, -0.25) is 4.79 Å². The number of benzene rings is 2. The Balaban J connectivity index is 1.41. The summed E-state index contributed by atoms with van der Waals surface area (Å²) in [4.78, 5) is 43.8. The second-order valence-corrected chi connectivity index (χ2v) is 9.44. The van der Waals surface area contributed by atoms with Crippen LogP contribution in [0.15, 0.2) is 30.3 Å². The zero-order chi connectivity index (χ0) is 23.6. The van der Waals surface area contributed by atoms with Gasteiger partial charge in [0.05, 0.1) is 28.4 Å². The first-order valence-corrected chi connectivity index (χ1v) is 11.2. The van der Waals surface area contributed by atoms with Crippen LogP contribution in [-0.4, -0.2) is 52.4 Å². The molecule has 0 aromatic heterocycles. The number of hydrogen-bond acceptors (Lipinski definition) is 4. The number of fused-ring (bicyclic) bond motifs is 5. The minimum Gasteiger partial charge on any atom is -0.317 e. The molecular weight excluding hydrogens is 489 g/mol. The Kier molecular flexibility index (Phi) is 5.16. The van der Waals surface area contributed by atoms with Crippen LogP contribution in [0.1, 0.15) is 17.5 Å². The molecule has 3 atom stereocenters. The fraction of sp³-hybridized carbons (Fsp3) is 0.273. The lowest BCUT2D eigenvalue weighted by Gasteiger charge is -2.34. The lowest BCUT2D eigenvalue weighted by atomic mass is 10.1. The molecule has 3 heterocycles. The van der Waals surface area contributed by atoms with Crippen molar-refractivity contribution in [2.45, 2.75) is 31.5 Å². The Morgan fingerprint density at radius 2 is 1.85 bits per heavy atom. The van der Waals surface area contributed by atoms with Crippen molar-refractivity contribution in [3.8, 4) is 6.07 Å². The number of urea groups is 2. The number of hydrogen-bond donors (Lipinski definition) is 1. The van der Waals surface area contributed by atoms with E-state index in [9.17, 15) is 19.6 Å². The smallest absolute Gasteiger partial charge is 0.317 e. The topological polar surface area (TPSA) is 96.8 Å². The first-order chi connectivity index (χ1) is 15.7. The summed E-state index contributed by atoms with van der Waals surface area (Å²) in [5, 5.41) is 12.9. The van der Waals surface area contributed by atoms with E-state index in [1.54, 1.807) is 41.0 Å². The summed E-state index contributed by atoms with van der Waals surface area (Å²) in [5.41, 5.74) is 1.52. The number of rotatable bonds is 2. The first kappa shape index (κ1) is 21.8. The van der Waals surface area contributed by atoms with E-state index in [0.717, 1.165) is 4.90 Å². The third-order valence-corrected chi connectivity index (χ3v) is 7.28. The van der Waals surface area contributed by atoms with E-state index >= 15 is 0 Å². The molecule has 11 heteroatoms. The number of nitrogens with one attached hydrogen (secondary N) is 1. The Morgan fingerprint density at radius 1 is 1.15 bits per heavy atom. The van der Waals surface area contributed by atoms with Gasteiger partial charge in [0, 0.05) is 22.3 Å². The van der Waals surface area contributed by atoms with Crippen LogP contribution in [0.2, 0.25) is 15.1 Å². The van der Waals surface area contributed by atoms with E-state index in [1.165, 1.54) is 6.07 Å². The van der Waals surface area contributed by atoms with Gasteiger partial charge in [0.25, 0.3) is 5.91 Å². The van der Waals surface area contributed by atoms with Crippen molar-refractivity contribution >= 4 is 64.1 Å². The van der Waals surface area contributed by atoms with Crippen LogP contribution in [0.5, 0.6) is 0 Å². The van der Waals surface area contributed by atoms with Crippen molar-refractivity contribution < 1.29 is 14.4 Å². The summed E-state index contributed by atoms with van der Waals surface area (Å²) >= 11 is 18.3. The van der Waals surface area contributed by atoms with Crippen LogP contribution in [0.4, 0.5) is 21.0 Å². The van der Waals surface area contributed by atoms with Crippen LogP contribution in [0, 0.1) is 18.3 Å². The SMILES string of the molecule is Cc1c(N2C(=O)C3C4C[C@H](CN4C(=O)Nc4cc(Cl)cc(Cl)c4)N3C2=O)ccc(C#N)c1Cl. The summed E-state index contributed by atoms with van der Waals surface area (Å²) in [6, 6.07) is 7.39. The molecule has 0 radical (unpaired) electrons. The number of piperazine rings is 1. The summed E-state index contributed by atoms with van der Waals surface area (Å²) < 4.78 is 0. The van der Waals surface area contributed by atoms with Gasteiger partial charge in [-0.05, 0) is 49.2 Å². The molecule has 5 rings (SSSR count). The predicted octanol–water partition coefficient (Wildman–Crippen LogP) is 4.65. The monoisotopic (exact) mass is 503 g/mol. The molecule has 1 N–H and O–H groups in total. The van der Waals surface area contributed by atoms with Gasteiger partial charge in [-0.15, -0.1) is 0 Å². The molecule has 0 saturated carbocycles. The number of likely N-dealkylation sites (tertiary alicyclic amines) is 1. The number of nitriles is 1. The fourth-order valence-electron chi connectivity index (χ4n) is 4.94. The van der Waals surface area contributed by atoms with Gasteiger partial charge in [0.1, 0.15) is 12.1 Å². The molecule has 3 saturated heterocycles. The van der Waals surface area contributed by atoms with E-state index in [1.807, 2.05) is 6.07 Å². The van der Waals surface area contributed by atoms with Crippen LogP contribution >= 0.6 is 34.8 Å². The average Bonchev–Trinajstić information content (AvgIpc) is 3.41.